The highest BCUT2D eigenvalue weighted by atomic mass is 19.4. The number of nitrogens with zero attached hydrogens (tertiary/aromatic N) is 1. The van der Waals surface area contributed by atoms with Crippen LogP contribution in [0.3, 0.4) is 0 Å². The lowest BCUT2D eigenvalue weighted by Gasteiger charge is -2.16. The minimum Gasteiger partial charge on any atom is -0.478 e. The van der Waals surface area contributed by atoms with Gasteiger partial charge < -0.3 is 14.7 Å². The number of halogens is 3. The summed E-state index contributed by atoms with van der Waals surface area (Å²) in [6, 6.07) is 9.96. The van der Waals surface area contributed by atoms with Crippen molar-refractivity contribution in [2.75, 3.05) is 13.1 Å². The van der Waals surface area contributed by atoms with Gasteiger partial charge in [0.2, 0.25) is 0 Å². The van der Waals surface area contributed by atoms with E-state index in [-0.39, 0.29) is 5.91 Å². The highest BCUT2D eigenvalue weighted by molar-refractivity contribution is 5.96. The van der Waals surface area contributed by atoms with Crippen molar-refractivity contribution in [3.63, 3.8) is 0 Å². The Kier molecular flexibility index (Phi) is 5.07. The van der Waals surface area contributed by atoms with Gasteiger partial charge in [0.05, 0.1) is 0 Å². The first-order valence-electron chi connectivity index (χ1n) is 8.27. The molecule has 1 N–H and O–H groups in total. The number of likely N-dealkylation sites (tertiary alicyclic amines) is 1. The fraction of sp³-hybridized carbons (Fsp3) is 0.263. The maximum Gasteiger partial charge on any atom is 0.573 e. The van der Waals surface area contributed by atoms with Gasteiger partial charge >= 0.3 is 12.3 Å². The van der Waals surface area contributed by atoms with Crippen LogP contribution in [0.15, 0.2) is 42.5 Å². The van der Waals surface area contributed by atoms with Gasteiger partial charge in [-0.25, -0.2) is 4.79 Å². The summed E-state index contributed by atoms with van der Waals surface area (Å²) in [6.45, 7) is 1.38. The van der Waals surface area contributed by atoms with Gasteiger partial charge in [-0.3, -0.25) is 4.79 Å². The van der Waals surface area contributed by atoms with E-state index in [0.717, 1.165) is 25.0 Å². The molecule has 1 amide bonds. The highest BCUT2D eigenvalue weighted by Gasteiger charge is 2.33. The zero-order chi connectivity index (χ0) is 19.6. The minimum absolute atomic E-state index is 0.121. The van der Waals surface area contributed by atoms with Gasteiger partial charge in [-0.15, -0.1) is 13.2 Å². The largest absolute Gasteiger partial charge is 0.573 e. The van der Waals surface area contributed by atoms with Crippen molar-refractivity contribution >= 4 is 11.9 Å². The summed E-state index contributed by atoms with van der Waals surface area (Å²) in [4.78, 5) is 25.6. The van der Waals surface area contributed by atoms with Crippen LogP contribution in [0.4, 0.5) is 13.2 Å². The van der Waals surface area contributed by atoms with Crippen molar-refractivity contribution in [2.45, 2.75) is 19.2 Å². The molecule has 27 heavy (non-hydrogen) atoms. The van der Waals surface area contributed by atoms with Crippen LogP contribution in [0.1, 0.15) is 33.6 Å². The predicted molar refractivity (Wildman–Crippen MR) is 90.7 cm³/mol. The second-order valence-corrected chi connectivity index (χ2v) is 6.14. The Morgan fingerprint density at radius 2 is 1.67 bits per heavy atom. The normalized spacial score (nSPS) is 14.3. The number of carbonyl (C=O) groups is 2. The summed E-state index contributed by atoms with van der Waals surface area (Å²) in [5, 5.41) is 9.21. The first-order chi connectivity index (χ1) is 12.7. The molecule has 0 aliphatic carbocycles. The van der Waals surface area contributed by atoms with Crippen molar-refractivity contribution in [1.29, 1.82) is 0 Å². The molecule has 142 valence electrons. The molecular weight excluding hydrogens is 363 g/mol. The molecule has 1 saturated heterocycles. The maximum absolute atomic E-state index is 12.5. The van der Waals surface area contributed by atoms with Gasteiger partial charge in [-0.2, -0.15) is 0 Å². The molecule has 5 nitrogen and oxygen atoms in total. The predicted octanol–water partition coefficient (Wildman–Crippen LogP) is 4.19. The molecule has 0 saturated carbocycles. The van der Waals surface area contributed by atoms with E-state index in [4.69, 9.17) is 0 Å². The van der Waals surface area contributed by atoms with Crippen LogP contribution in [0.5, 0.6) is 5.75 Å². The van der Waals surface area contributed by atoms with Gasteiger partial charge in [0.15, 0.2) is 0 Å². The average molecular weight is 379 g/mol. The molecular formula is C19H16F3NO4. The Labute approximate surface area is 153 Å². The molecule has 3 rings (SSSR count). The lowest BCUT2D eigenvalue weighted by molar-refractivity contribution is -0.274. The van der Waals surface area contributed by atoms with Gasteiger partial charge in [-0.05, 0) is 48.2 Å². The lowest BCUT2D eigenvalue weighted by atomic mass is 10.00. The van der Waals surface area contributed by atoms with E-state index >= 15 is 0 Å². The van der Waals surface area contributed by atoms with Gasteiger partial charge in [0.1, 0.15) is 11.3 Å². The molecule has 1 aliphatic heterocycles. The van der Waals surface area contributed by atoms with E-state index in [1.807, 2.05) is 0 Å². The molecule has 0 bridgehead atoms. The van der Waals surface area contributed by atoms with E-state index < -0.39 is 23.6 Å². The number of hydrogen-bond acceptors (Lipinski definition) is 3. The number of hydrogen-bond donors (Lipinski definition) is 1. The highest BCUT2D eigenvalue weighted by Crippen LogP contribution is 2.31. The number of amides is 1. The third-order valence-electron chi connectivity index (χ3n) is 4.27. The Hall–Kier alpha value is -3.03. The van der Waals surface area contributed by atoms with E-state index in [2.05, 4.69) is 4.74 Å². The number of ether oxygens (including phenoxy) is 1. The van der Waals surface area contributed by atoms with E-state index in [1.54, 1.807) is 29.2 Å². The Morgan fingerprint density at radius 1 is 1.00 bits per heavy atom. The van der Waals surface area contributed by atoms with Crippen LogP contribution < -0.4 is 4.74 Å². The number of benzene rings is 2. The lowest BCUT2D eigenvalue weighted by Crippen LogP contribution is -2.27. The quantitative estimate of drug-likeness (QED) is 0.865. The molecule has 0 atom stereocenters. The fourth-order valence-electron chi connectivity index (χ4n) is 3.02. The SMILES string of the molecule is O=C(O)c1cc(-c2cccc(C(=O)N3CCCC3)c2)ccc1OC(F)(F)F. The monoisotopic (exact) mass is 379 g/mol. The number of carboxylic acid groups (broad SMARTS) is 1. The second kappa shape index (κ2) is 7.30. The average Bonchev–Trinajstić information content (AvgIpc) is 3.14. The molecule has 1 aliphatic rings. The van der Waals surface area contributed by atoms with E-state index in [9.17, 15) is 27.9 Å². The third kappa shape index (κ3) is 4.39. The number of alkyl halides is 3. The number of rotatable bonds is 4. The first kappa shape index (κ1) is 18.8. The van der Waals surface area contributed by atoms with Crippen molar-refractivity contribution in [1.82, 2.24) is 4.90 Å². The zero-order valence-electron chi connectivity index (χ0n) is 14.1. The summed E-state index contributed by atoms with van der Waals surface area (Å²) in [5.41, 5.74) is 0.738. The summed E-state index contributed by atoms with van der Waals surface area (Å²) in [5.74, 6) is -2.45. The van der Waals surface area contributed by atoms with Crippen LogP contribution in [0.25, 0.3) is 11.1 Å². The molecule has 0 radical (unpaired) electrons. The molecule has 2 aromatic carbocycles. The molecule has 1 heterocycles. The smallest absolute Gasteiger partial charge is 0.478 e. The third-order valence-corrected chi connectivity index (χ3v) is 4.27. The summed E-state index contributed by atoms with van der Waals surface area (Å²) in [6.07, 6.45) is -3.09. The molecule has 2 aromatic rings. The van der Waals surface area contributed by atoms with Crippen molar-refractivity contribution < 1.29 is 32.6 Å². The Morgan fingerprint density at radius 3 is 2.30 bits per heavy atom. The number of aromatic carboxylic acids is 1. The maximum atomic E-state index is 12.5. The summed E-state index contributed by atoms with van der Waals surface area (Å²) >= 11 is 0. The minimum atomic E-state index is -4.99. The van der Waals surface area contributed by atoms with E-state index in [1.165, 1.54) is 6.07 Å². The summed E-state index contributed by atoms with van der Waals surface area (Å²) < 4.78 is 41.1. The Balaban J connectivity index is 1.94. The second-order valence-electron chi connectivity index (χ2n) is 6.14. The first-order valence-corrected chi connectivity index (χ1v) is 8.27. The zero-order valence-corrected chi connectivity index (χ0v) is 14.1. The molecule has 0 aromatic heterocycles. The van der Waals surface area contributed by atoms with Crippen molar-refractivity contribution in [3.8, 4) is 16.9 Å². The topological polar surface area (TPSA) is 66.8 Å². The van der Waals surface area contributed by atoms with Crippen molar-refractivity contribution in [2.24, 2.45) is 0 Å². The molecule has 8 heteroatoms. The number of carbonyl (C=O) groups excluding carboxylic acids is 1. The van der Waals surface area contributed by atoms with Crippen LogP contribution in [0.2, 0.25) is 0 Å². The Bertz CT molecular complexity index is 873. The van der Waals surface area contributed by atoms with E-state index in [0.29, 0.717) is 29.8 Å². The van der Waals surface area contributed by atoms with Crippen LogP contribution in [-0.4, -0.2) is 41.3 Å². The van der Waals surface area contributed by atoms with Gasteiger partial charge in [0, 0.05) is 18.7 Å². The van der Waals surface area contributed by atoms with Crippen LogP contribution >= 0.6 is 0 Å². The van der Waals surface area contributed by atoms with Gasteiger partial charge in [-0.1, -0.05) is 18.2 Å². The number of carboxylic acids is 1. The molecule has 0 unspecified atom stereocenters. The fourth-order valence-corrected chi connectivity index (χ4v) is 3.02. The standard InChI is InChI=1S/C19H16F3NO4/c20-19(21,22)27-16-7-6-13(11-15(16)18(25)26)12-4-3-5-14(10-12)17(24)23-8-1-2-9-23/h3-7,10-11H,1-2,8-9H2,(H,25,26). The van der Waals surface area contributed by atoms with Crippen molar-refractivity contribution in [3.05, 3.63) is 53.6 Å². The molecule has 0 spiro atoms. The van der Waals surface area contributed by atoms with Gasteiger partial charge in [0.25, 0.3) is 5.91 Å². The molecule has 1 fully saturated rings. The van der Waals surface area contributed by atoms with Crippen LogP contribution in [0, 0.1) is 0 Å². The summed E-state index contributed by atoms with van der Waals surface area (Å²) in [7, 11) is 0. The van der Waals surface area contributed by atoms with Crippen LogP contribution in [-0.2, 0) is 0 Å².